The topological polar surface area (TPSA) is 88.0 Å². The molecule has 6 nitrogen and oxygen atoms in total. The Hall–Kier alpha value is -2.05. The molecule has 3 N–H and O–H groups in total. The van der Waals surface area contributed by atoms with Crippen LogP contribution >= 0.6 is 0 Å². The molecule has 184 valence electrons. The van der Waals surface area contributed by atoms with E-state index in [4.69, 9.17) is 14.7 Å². The number of carbonyl (C=O) groups is 1. The van der Waals surface area contributed by atoms with E-state index in [1.165, 1.54) is 19.3 Å². The van der Waals surface area contributed by atoms with Crippen LogP contribution in [0.4, 0.5) is 0 Å². The first kappa shape index (κ1) is 25.6. The summed E-state index contributed by atoms with van der Waals surface area (Å²) in [4.78, 5) is 17.6. The minimum atomic E-state index is -0.417. The summed E-state index contributed by atoms with van der Waals surface area (Å²) in [7, 11) is 0. The monoisotopic (exact) mass is 459 g/mol. The number of amides is 1. The molecule has 1 aromatic carbocycles. The number of nitrogens with one attached hydrogen (secondary N) is 1. The second-order valence-electron chi connectivity index (χ2n) is 10.7. The number of unbranched alkanes of at least 4 members (excludes halogenated alkanes) is 3. The van der Waals surface area contributed by atoms with Gasteiger partial charge in [-0.05, 0) is 56.2 Å². The molecule has 0 bridgehead atoms. The van der Waals surface area contributed by atoms with E-state index in [1.807, 2.05) is 12.1 Å². The number of allylic oxidation sites excluding steroid dienone is 1. The molecule has 0 unspecified atom stereocenters. The van der Waals surface area contributed by atoms with E-state index in [2.05, 4.69) is 46.2 Å². The van der Waals surface area contributed by atoms with Crippen LogP contribution in [0, 0.1) is 5.92 Å². The Bertz CT molecular complexity index is 874. The van der Waals surface area contributed by atoms with Crippen molar-refractivity contribution in [3.05, 3.63) is 34.9 Å². The molecule has 33 heavy (non-hydrogen) atoms. The van der Waals surface area contributed by atoms with Crippen molar-refractivity contribution in [1.82, 2.24) is 5.48 Å². The highest BCUT2D eigenvalue weighted by atomic mass is 16.7. The zero-order chi connectivity index (χ0) is 24.2. The number of hydrogen-bond acceptors (Lipinski definition) is 5. The molecule has 1 aliphatic carbocycles. The lowest BCUT2D eigenvalue weighted by atomic mass is 9.66. The Labute approximate surface area is 198 Å². The minimum absolute atomic E-state index is 0.0194. The van der Waals surface area contributed by atoms with Gasteiger partial charge < -0.3 is 14.9 Å². The maximum Gasteiger partial charge on any atom is 0.270 e. The van der Waals surface area contributed by atoms with E-state index < -0.39 is 5.60 Å². The zero-order valence-electron chi connectivity index (χ0n) is 20.9. The smallest absolute Gasteiger partial charge is 0.270 e. The minimum Gasteiger partial charge on any atom is -0.508 e. The second-order valence-corrected chi connectivity index (χ2v) is 10.7. The zero-order valence-corrected chi connectivity index (χ0v) is 20.9. The number of aromatic hydroxyl groups is 1. The predicted molar refractivity (Wildman–Crippen MR) is 129 cm³/mol. The number of carbonyl (C=O) groups excluding carboxylic acids is 1. The fourth-order valence-corrected chi connectivity index (χ4v) is 5.34. The molecule has 0 saturated carbocycles. The summed E-state index contributed by atoms with van der Waals surface area (Å²) in [6, 6.07) is 4.01. The summed E-state index contributed by atoms with van der Waals surface area (Å²) in [5.74, 6) is 0.828. The second kappa shape index (κ2) is 10.5. The molecule has 3 rings (SSSR count). The van der Waals surface area contributed by atoms with Crippen molar-refractivity contribution in [3.63, 3.8) is 0 Å². The third-order valence-corrected chi connectivity index (χ3v) is 7.39. The molecule has 1 heterocycles. The molecule has 1 aromatic rings. The summed E-state index contributed by atoms with van der Waals surface area (Å²) in [5, 5.41) is 20.0. The average molecular weight is 460 g/mol. The van der Waals surface area contributed by atoms with Gasteiger partial charge in [0.05, 0.1) is 13.2 Å². The number of aliphatic hydroxyl groups excluding tert-OH is 1. The fraction of sp³-hybridized carbons (Fsp3) is 0.667. The fourth-order valence-electron chi connectivity index (χ4n) is 5.34. The van der Waals surface area contributed by atoms with Crippen molar-refractivity contribution in [2.45, 2.75) is 96.5 Å². The van der Waals surface area contributed by atoms with Gasteiger partial charge in [-0.15, -0.1) is 0 Å². The number of aliphatic hydroxyl groups is 1. The summed E-state index contributed by atoms with van der Waals surface area (Å²) in [6.45, 7) is 10.8. The molecule has 2 atom stereocenters. The van der Waals surface area contributed by atoms with Crippen molar-refractivity contribution in [2.75, 3.05) is 13.2 Å². The molecule has 2 aliphatic rings. The Balaban J connectivity index is 1.87. The Morgan fingerprint density at radius 1 is 1.27 bits per heavy atom. The van der Waals surface area contributed by atoms with E-state index in [0.717, 1.165) is 29.7 Å². The van der Waals surface area contributed by atoms with E-state index in [9.17, 15) is 9.90 Å². The van der Waals surface area contributed by atoms with Crippen LogP contribution in [0.2, 0.25) is 0 Å². The Morgan fingerprint density at radius 3 is 2.73 bits per heavy atom. The number of phenols is 1. The van der Waals surface area contributed by atoms with Crippen molar-refractivity contribution in [1.29, 1.82) is 0 Å². The van der Waals surface area contributed by atoms with Gasteiger partial charge in [0.1, 0.15) is 17.1 Å². The van der Waals surface area contributed by atoms with E-state index in [0.29, 0.717) is 18.4 Å². The van der Waals surface area contributed by atoms with Gasteiger partial charge in [-0.2, -0.15) is 0 Å². The maximum atomic E-state index is 12.6. The molecule has 0 radical (unpaired) electrons. The van der Waals surface area contributed by atoms with Crippen molar-refractivity contribution in [3.8, 4) is 11.5 Å². The maximum absolute atomic E-state index is 12.6. The highest BCUT2D eigenvalue weighted by Crippen LogP contribution is 2.55. The molecular weight excluding hydrogens is 418 g/mol. The van der Waals surface area contributed by atoms with Crippen LogP contribution in [0.3, 0.4) is 0 Å². The van der Waals surface area contributed by atoms with Crippen LogP contribution in [-0.2, 0) is 15.0 Å². The average Bonchev–Trinajstić information content (AvgIpc) is 2.75. The Morgan fingerprint density at radius 2 is 2.03 bits per heavy atom. The first-order chi connectivity index (χ1) is 15.6. The van der Waals surface area contributed by atoms with Crippen LogP contribution in [0.15, 0.2) is 23.8 Å². The first-order valence-corrected chi connectivity index (χ1v) is 12.4. The SMILES string of the molecule is CCCCCCC(C)(C)c1cc(O)c2c(c1)OC(C)(C)[C@@H]1CC=C(C(=O)NOCCO)C[C@@H]21. The number of ether oxygens (including phenoxy) is 1. The standard InChI is InChI=1S/C27H41NO5/c1-6-7-8-9-12-26(2,3)19-16-22(30)24-20-15-18(25(31)28-32-14-13-29)10-11-21(20)27(4,5)33-23(24)17-19/h10,16-17,20-21,29-30H,6-9,11-15H2,1-5H3,(H,28,31)/t20-,21-/m1/s1. The largest absolute Gasteiger partial charge is 0.508 e. The summed E-state index contributed by atoms with van der Waals surface area (Å²) in [6.07, 6.45) is 9.05. The third-order valence-electron chi connectivity index (χ3n) is 7.39. The molecule has 0 saturated heterocycles. The number of benzene rings is 1. The van der Waals surface area contributed by atoms with Gasteiger partial charge in [0.2, 0.25) is 0 Å². The van der Waals surface area contributed by atoms with Crippen LogP contribution in [0.1, 0.15) is 96.6 Å². The van der Waals surface area contributed by atoms with Crippen LogP contribution in [0.25, 0.3) is 0 Å². The highest BCUT2D eigenvalue weighted by Gasteiger charge is 2.47. The number of hydrogen-bond donors (Lipinski definition) is 3. The van der Waals surface area contributed by atoms with Gasteiger partial charge in [0.15, 0.2) is 0 Å². The number of hydroxylamine groups is 1. The van der Waals surface area contributed by atoms with Crippen LogP contribution in [0.5, 0.6) is 11.5 Å². The molecule has 1 amide bonds. The Kier molecular flexibility index (Phi) is 8.12. The lowest BCUT2D eigenvalue weighted by Gasteiger charge is -2.47. The van der Waals surface area contributed by atoms with E-state index in [-0.39, 0.29) is 42.1 Å². The van der Waals surface area contributed by atoms with Gasteiger partial charge in [-0.1, -0.05) is 52.5 Å². The molecule has 0 spiro atoms. The summed E-state index contributed by atoms with van der Waals surface area (Å²) in [5.41, 5.74) is 4.46. The molecule has 6 heteroatoms. The van der Waals surface area contributed by atoms with Crippen LogP contribution in [-0.4, -0.2) is 34.9 Å². The number of rotatable bonds is 10. The quantitative estimate of drug-likeness (QED) is 0.328. The van der Waals surface area contributed by atoms with Gasteiger partial charge in [-0.25, -0.2) is 5.48 Å². The lowest BCUT2D eigenvalue weighted by molar-refractivity contribution is -0.130. The molecule has 0 aromatic heterocycles. The van der Waals surface area contributed by atoms with Gasteiger partial charge in [0.25, 0.3) is 5.91 Å². The van der Waals surface area contributed by atoms with Crippen molar-refractivity contribution < 1.29 is 24.6 Å². The predicted octanol–water partition coefficient (Wildman–Crippen LogP) is 5.27. The van der Waals surface area contributed by atoms with Crippen molar-refractivity contribution >= 4 is 5.91 Å². The summed E-state index contributed by atoms with van der Waals surface area (Å²) >= 11 is 0. The normalized spacial score (nSPS) is 21.5. The van der Waals surface area contributed by atoms with E-state index >= 15 is 0 Å². The number of fused-ring (bicyclic) bond motifs is 3. The van der Waals surface area contributed by atoms with Crippen molar-refractivity contribution in [2.24, 2.45) is 5.92 Å². The molecule has 0 fully saturated rings. The summed E-state index contributed by atoms with van der Waals surface area (Å²) < 4.78 is 6.48. The van der Waals surface area contributed by atoms with Gasteiger partial charge in [0, 0.05) is 23.0 Å². The van der Waals surface area contributed by atoms with E-state index in [1.54, 1.807) is 0 Å². The molecular formula is C27H41NO5. The lowest BCUT2D eigenvalue weighted by Crippen LogP contribution is -2.46. The molecule has 1 aliphatic heterocycles. The highest BCUT2D eigenvalue weighted by molar-refractivity contribution is 5.93. The van der Waals surface area contributed by atoms with Gasteiger partial charge >= 0.3 is 0 Å². The van der Waals surface area contributed by atoms with Gasteiger partial charge in [-0.3, -0.25) is 9.63 Å². The number of phenolic OH excluding ortho intramolecular Hbond substituents is 1. The van der Waals surface area contributed by atoms with Crippen LogP contribution < -0.4 is 10.2 Å². The third kappa shape index (κ3) is 5.72. The first-order valence-electron chi connectivity index (χ1n) is 12.4.